The first-order valence-corrected chi connectivity index (χ1v) is 7.12. The topological polar surface area (TPSA) is 61.2 Å². The normalized spacial score (nSPS) is 11.4. The molecule has 0 aliphatic rings. The Labute approximate surface area is 136 Å². The van der Waals surface area contributed by atoms with Gasteiger partial charge in [0.25, 0.3) is 0 Å². The molecule has 24 heavy (non-hydrogen) atoms. The van der Waals surface area contributed by atoms with Crippen molar-refractivity contribution in [3.63, 3.8) is 0 Å². The summed E-state index contributed by atoms with van der Waals surface area (Å²) in [5, 5.41) is 4.00. The van der Waals surface area contributed by atoms with Crippen LogP contribution in [0.4, 0.5) is 13.2 Å². The van der Waals surface area contributed by atoms with E-state index in [0.717, 1.165) is 16.8 Å². The number of halogens is 3. The maximum absolute atomic E-state index is 12.9. The molecule has 0 amide bonds. The van der Waals surface area contributed by atoms with E-state index in [1.807, 2.05) is 0 Å². The van der Waals surface area contributed by atoms with Crippen LogP contribution in [0.1, 0.15) is 46.0 Å². The summed E-state index contributed by atoms with van der Waals surface area (Å²) in [6.07, 6.45) is -4.51. The number of ketones is 1. The van der Waals surface area contributed by atoms with Crippen LogP contribution in [0, 0.1) is 6.92 Å². The molecule has 0 bridgehead atoms. The minimum absolute atomic E-state index is 0.0332. The van der Waals surface area contributed by atoms with E-state index in [4.69, 9.17) is 4.74 Å². The maximum Gasteiger partial charge on any atom is 0.416 e. The minimum atomic E-state index is -4.51. The molecular formula is C16H15F3N2O3. The molecule has 2 rings (SSSR count). The van der Waals surface area contributed by atoms with Gasteiger partial charge in [-0.3, -0.25) is 4.79 Å². The number of nitrogens with zero attached hydrogens (tertiary/aromatic N) is 2. The van der Waals surface area contributed by atoms with Gasteiger partial charge in [-0.25, -0.2) is 9.48 Å². The highest BCUT2D eigenvalue weighted by molar-refractivity contribution is 6.05. The van der Waals surface area contributed by atoms with E-state index in [1.54, 1.807) is 6.92 Å². The first-order chi connectivity index (χ1) is 11.2. The first kappa shape index (κ1) is 17.7. The monoisotopic (exact) mass is 340 g/mol. The highest BCUT2D eigenvalue weighted by atomic mass is 19.4. The Balaban J connectivity index is 2.62. The summed E-state index contributed by atoms with van der Waals surface area (Å²) in [5.41, 5.74) is -0.660. The molecule has 1 aromatic carbocycles. The molecule has 0 spiro atoms. The lowest BCUT2D eigenvalue weighted by Crippen LogP contribution is -2.10. The standard InChI is InChI=1S/C16H15F3N2O3/c1-4-24-15(23)14-13(10(3)22)9(2)21(20-14)12-7-5-6-11(8-12)16(17,18)19/h5-8H,4H2,1-3H3. The van der Waals surface area contributed by atoms with E-state index in [-0.39, 0.29) is 29.2 Å². The summed E-state index contributed by atoms with van der Waals surface area (Å²) in [7, 11) is 0. The van der Waals surface area contributed by atoms with Gasteiger partial charge in [-0.2, -0.15) is 18.3 Å². The Kier molecular flexibility index (Phi) is 4.77. The maximum atomic E-state index is 12.9. The van der Waals surface area contributed by atoms with Crippen LogP contribution in [0.15, 0.2) is 24.3 Å². The number of alkyl halides is 3. The molecule has 0 saturated heterocycles. The zero-order valence-corrected chi connectivity index (χ0v) is 13.3. The van der Waals surface area contributed by atoms with Gasteiger partial charge in [-0.05, 0) is 39.0 Å². The Bertz CT molecular complexity index is 794. The third kappa shape index (κ3) is 3.32. The molecule has 128 valence electrons. The second-order valence-electron chi connectivity index (χ2n) is 5.05. The van der Waals surface area contributed by atoms with Gasteiger partial charge in [0.05, 0.1) is 29.1 Å². The molecule has 5 nitrogen and oxygen atoms in total. The van der Waals surface area contributed by atoms with E-state index in [9.17, 15) is 22.8 Å². The number of hydrogen-bond donors (Lipinski definition) is 0. The van der Waals surface area contributed by atoms with E-state index >= 15 is 0 Å². The zero-order valence-electron chi connectivity index (χ0n) is 13.3. The van der Waals surface area contributed by atoms with E-state index < -0.39 is 23.5 Å². The number of rotatable bonds is 4. The minimum Gasteiger partial charge on any atom is -0.461 e. The highest BCUT2D eigenvalue weighted by Gasteiger charge is 2.31. The number of esters is 1. The van der Waals surface area contributed by atoms with Crippen LogP contribution in [0.5, 0.6) is 0 Å². The lowest BCUT2D eigenvalue weighted by atomic mass is 10.1. The van der Waals surface area contributed by atoms with Crippen LogP contribution in [0.2, 0.25) is 0 Å². The van der Waals surface area contributed by atoms with Gasteiger partial charge in [0.2, 0.25) is 0 Å². The molecule has 0 aliphatic carbocycles. The lowest BCUT2D eigenvalue weighted by molar-refractivity contribution is -0.137. The Morgan fingerprint density at radius 1 is 1.29 bits per heavy atom. The van der Waals surface area contributed by atoms with Crippen molar-refractivity contribution < 1.29 is 27.5 Å². The second-order valence-corrected chi connectivity index (χ2v) is 5.05. The summed E-state index contributed by atoms with van der Waals surface area (Å²) in [4.78, 5) is 23.8. The van der Waals surface area contributed by atoms with Crippen LogP contribution < -0.4 is 0 Å². The lowest BCUT2D eigenvalue weighted by Gasteiger charge is -2.10. The van der Waals surface area contributed by atoms with Crippen LogP contribution in [0.3, 0.4) is 0 Å². The second kappa shape index (κ2) is 6.46. The average Bonchev–Trinajstić information content (AvgIpc) is 2.84. The number of ether oxygens (including phenoxy) is 1. The number of hydrogen-bond acceptors (Lipinski definition) is 4. The van der Waals surface area contributed by atoms with Crippen molar-refractivity contribution in [2.45, 2.75) is 26.9 Å². The molecule has 0 fully saturated rings. The largest absolute Gasteiger partial charge is 0.461 e. The number of benzene rings is 1. The van der Waals surface area contributed by atoms with Gasteiger partial charge < -0.3 is 4.74 Å². The highest BCUT2D eigenvalue weighted by Crippen LogP contribution is 2.31. The van der Waals surface area contributed by atoms with Gasteiger partial charge >= 0.3 is 12.1 Å². The molecular weight excluding hydrogens is 325 g/mol. The quantitative estimate of drug-likeness (QED) is 0.630. The fraction of sp³-hybridized carbons (Fsp3) is 0.312. The number of aromatic nitrogens is 2. The molecule has 1 aromatic heterocycles. The molecule has 0 saturated carbocycles. The molecule has 2 aromatic rings. The van der Waals surface area contributed by atoms with Gasteiger partial charge in [0.15, 0.2) is 11.5 Å². The van der Waals surface area contributed by atoms with Crippen LogP contribution >= 0.6 is 0 Å². The molecule has 0 atom stereocenters. The fourth-order valence-corrected chi connectivity index (χ4v) is 2.33. The molecule has 0 radical (unpaired) electrons. The molecule has 8 heteroatoms. The Morgan fingerprint density at radius 2 is 1.96 bits per heavy atom. The number of carbonyl (C=O) groups excluding carboxylic acids is 2. The molecule has 0 aliphatic heterocycles. The van der Waals surface area contributed by atoms with Crippen LogP contribution in [-0.2, 0) is 10.9 Å². The predicted molar refractivity (Wildman–Crippen MR) is 79.3 cm³/mol. The van der Waals surface area contributed by atoms with Crippen LogP contribution in [0.25, 0.3) is 5.69 Å². The average molecular weight is 340 g/mol. The van der Waals surface area contributed by atoms with Gasteiger partial charge in [0.1, 0.15) is 0 Å². The number of Topliss-reactive ketones (excluding diaryl/α,β-unsaturated/α-hetero) is 1. The smallest absolute Gasteiger partial charge is 0.416 e. The number of carbonyl (C=O) groups is 2. The summed E-state index contributed by atoms with van der Waals surface area (Å²) in [5.74, 6) is -1.22. The van der Waals surface area contributed by atoms with Gasteiger partial charge in [-0.15, -0.1) is 0 Å². The van der Waals surface area contributed by atoms with Crippen molar-refractivity contribution in [3.05, 3.63) is 46.8 Å². The third-order valence-corrected chi connectivity index (χ3v) is 3.36. The van der Waals surface area contributed by atoms with E-state index in [1.165, 1.54) is 26.0 Å². The van der Waals surface area contributed by atoms with Crippen molar-refractivity contribution in [2.24, 2.45) is 0 Å². The van der Waals surface area contributed by atoms with Gasteiger partial charge in [0, 0.05) is 0 Å². The zero-order chi connectivity index (χ0) is 18.1. The SMILES string of the molecule is CCOC(=O)c1nn(-c2cccc(C(F)(F)F)c2)c(C)c1C(C)=O. The van der Waals surface area contributed by atoms with Crippen molar-refractivity contribution in [1.29, 1.82) is 0 Å². The third-order valence-electron chi connectivity index (χ3n) is 3.36. The van der Waals surface area contributed by atoms with Crippen molar-refractivity contribution in [3.8, 4) is 5.69 Å². The first-order valence-electron chi connectivity index (χ1n) is 7.12. The van der Waals surface area contributed by atoms with E-state index in [2.05, 4.69) is 5.10 Å². The summed E-state index contributed by atoms with van der Waals surface area (Å²) in [6.45, 7) is 4.45. The fourth-order valence-electron chi connectivity index (χ4n) is 2.33. The summed E-state index contributed by atoms with van der Waals surface area (Å²) >= 11 is 0. The Hall–Kier alpha value is -2.64. The van der Waals surface area contributed by atoms with Gasteiger partial charge in [-0.1, -0.05) is 6.07 Å². The predicted octanol–water partition coefficient (Wildman–Crippen LogP) is 3.58. The molecule has 1 heterocycles. The van der Waals surface area contributed by atoms with Crippen molar-refractivity contribution in [1.82, 2.24) is 9.78 Å². The van der Waals surface area contributed by atoms with Crippen molar-refractivity contribution in [2.75, 3.05) is 6.61 Å². The summed E-state index contributed by atoms with van der Waals surface area (Å²) < 4.78 is 44.6. The molecule has 0 N–H and O–H groups in total. The molecule has 0 unspecified atom stereocenters. The van der Waals surface area contributed by atoms with E-state index in [0.29, 0.717) is 0 Å². The van der Waals surface area contributed by atoms with Crippen LogP contribution in [-0.4, -0.2) is 28.1 Å². The van der Waals surface area contributed by atoms with Crippen molar-refractivity contribution >= 4 is 11.8 Å². The Morgan fingerprint density at radius 3 is 2.50 bits per heavy atom. The summed E-state index contributed by atoms with van der Waals surface area (Å²) in [6, 6.07) is 4.48.